The number of carbonyl (C=O) groups excluding carboxylic acids is 1. The van der Waals surface area contributed by atoms with E-state index in [2.05, 4.69) is 4.98 Å². The highest BCUT2D eigenvalue weighted by molar-refractivity contribution is 5.91. The monoisotopic (exact) mass is 358 g/mol. The van der Waals surface area contributed by atoms with Gasteiger partial charge in [-0.05, 0) is 12.1 Å². The van der Waals surface area contributed by atoms with E-state index >= 15 is 0 Å². The molecule has 0 aromatic carbocycles. The SMILES string of the molecule is COCCn1c(C(=O)OC)cc2c1-c1ccncc1OC21CCOCC1. The number of hydrogen-bond donors (Lipinski definition) is 0. The van der Waals surface area contributed by atoms with Crippen molar-refractivity contribution in [1.29, 1.82) is 0 Å². The van der Waals surface area contributed by atoms with Gasteiger partial charge in [-0.25, -0.2) is 4.79 Å². The summed E-state index contributed by atoms with van der Waals surface area (Å²) in [5, 5.41) is 0. The summed E-state index contributed by atoms with van der Waals surface area (Å²) in [6, 6.07) is 3.83. The molecule has 26 heavy (non-hydrogen) atoms. The first kappa shape index (κ1) is 17.1. The second-order valence-electron chi connectivity index (χ2n) is 6.51. The molecule has 0 N–H and O–H groups in total. The van der Waals surface area contributed by atoms with Crippen molar-refractivity contribution in [3.8, 4) is 17.0 Å². The molecular weight excluding hydrogens is 336 g/mol. The topological polar surface area (TPSA) is 71.8 Å². The van der Waals surface area contributed by atoms with Gasteiger partial charge in [-0.15, -0.1) is 0 Å². The smallest absolute Gasteiger partial charge is 0.354 e. The third-order valence-corrected chi connectivity index (χ3v) is 5.15. The van der Waals surface area contributed by atoms with E-state index in [9.17, 15) is 4.79 Å². The second kappa shape index (κ2) is 6.74. The minimum absolute atomic E-state index is 0.367. The summed E-state index contributed by atoms with van der Waals surface area (Å²) in [6.07, 6.45) is 4.92. The van der Waals surface area contributed by atoms with Crippen LogP contribution in [0.5, 0.6) is 5.75 Å². The summed E-state index contributed by atoms with van der Waals surface area (Å²) in [7, 11) is 3.04. The van der Waals surface area contributed by atoms with E-state index in [0.29, 0.717) is 32.1 Å². The highest BCUT2D eigenvalue weighted by atomic mass is 16.5. The number of aromatic nitrogens is 2. The normalized spacial score (nSPS) is 17.3. The van der Waals surface area contributed by atoms with Gasteiger partial charge in [-0.2, -0.15) is 0 Å². The van der Waals surface area contributed by atoms with Crippen molar-refractivity contribution in [1.82, 2.24) is 9.55 Å². The molecule has 0 saturated carbocycles. The average Bonchev–Trinajstić information content (AvgIpc) is 3.07. The van der Waals surface area contributed by atoms with E-state index in [-0.39, 0.29) is 5.97 Å². The molecule has 2 aromatic rings. The van der Waals surface area contributed by atoms with Gasteiger partial charge in [-0.1, -0.05) is 0 Å². The Morgan fingerprint density at radius 3 is 2.88 bits per heavy atom. The molecule has 0 radical (unpaired) electrons. The molecule has 2 aromatic heterocycles. The Hall–Kier alpha value is -2.38. The highest BCUT2D eigenvalue weighted by Crippen LogP contribution is 2.50. The van der Waals surface area contributed by atoms with Gasteiger partial charge in [0.25, 0.3) is 0 Å². The first-order chi connectivity index (χ1) is 12.7. The number of rotatable bonds is 4. The van der Waals surface area contributed by atoms with Crippen molar-refractivity contribution in [2.24, 2.45) is 0 Å². The fourth-order valence-electron chi connectivity index (χ4n) is 3.87. The molecule has 1 fully saturated rings. The van der Waals surface area contributed by atoms with Gasteiger partial charge in [-0.3, -0.25) is 4.98 Å². The van der Waals surface area contributed by atoms with Crippen molar-refractivity contribution in [3.05, 3.63) is 35.8 Å². The van der Waals surface area contributed by atoms with Crippen molar-refractivity contribution >= 4 is 5.97 Å². The van der Waals surface area contributed by atoms with Gasteiger partial charge < -0.3 is 23.5 Å². The predicted octanol–water partition coefficient (Wildman–Crippen LogP) is 2.38. The van der Waals surface area contributed by atoms with Crippen LogP contribution in [0.25, 0.3) is 11.3 Å². The maximum Gasteiger partial charge on any atom is 0.354 e. The number of fused-ring (bicyclic) bond motifs is 4. The van der Waals surface area contributed by atoms with Gasteiger partial charge in [0, 0.05) is 43.8 Å². The Labute approximate surface area is 151 Å². The number of nitrogens with zero attached hydrogens (tertiary/aromatic N) is 2. The van der Waals surface area contributed by atoms with Crippen LogP contribution < -0.4 is 4.74 Å². The molecule has 0 bridgehead atoms. The van der Waals surface area contributed by atoms with E-state index in [0.717, 1.165) is 35.4 Å². The molecule has 0 atom stereocenters. The van der Waals surface area contributed by atoms with Crippen LogP contribution in [0.15, 0.2) is 24.5 Å². The maximum absolute atomic E-state index is 12.4. The Bertz CT molecular complexity index is 823. The molecule has 4 heterocycles. The van der Waals surface area contributed by atoms with E-state index in [1.807, 2.05) is 16.7 Å². The first-order valence-electron chi connectivity index (χ1n) is 8.72. The van der Waals surface area contributed by atoms with Crippen LogP contribution in [-0.2, 0) is 26.4 Å². The van der Waals surface area contributed by atoms with Crippen molar-refractivity contribution in [2.45, 2.75) is 25.0 Å². The number of esters is 1. The lowest BCUT2D eigenvalue weighted by molar-refractivity contribution is -0.0517. The lowest BCUT2D eigenvalue weighted by atomic mass is 9.82. The molecule has 138 valence electrons. The molecule has 1 spiro atoms. The molecule has 1 saturated heterocycles. The number of carbonyl (C=O) groups is 1. The molecule has 0 amide bonds. The van der Waals surface area contributed by atoms with Crippen LogP contribution in [0.1, 0.15) is 28.9 Å². The number of hydrogen-bond acceptors (Lipinski definition) is 6. The Kier molecular flexibility index (Phi) is 4.42. The van der Waals surface area contributed by atoms with E-state index in [4.69, 9.17) is 18.9 Å². The summed E-state index contributed by atoms with van der Waals surface area (Å²) < 4.78 is 24.2. The summed E-state index contributed by atoms with van der Waals surface area (Å²) in [6.45, 7) is 2.27. The second-order valence-corrected chi connectivity index (χ2v) is 6.51. The van der Waals surface area contributed by atoms with E-state index in [1.165, 1.54) is 7.11 Å². The molecule has 2 aliphatic rings. The minimum atomic E-state index is -0.509. The molecule has 2 aliphatic heterocycles. The third kappa shape index (κ3) is 2.59. The maximum atomic E-state index is 12.4. The lowest BCUT2D eigenvalue weighted by Gasteiger charge is -2.41. The zero-order valence-corrected chi connectivity index (χ0v) is 15.0. The van der Waals surface area contributed by atoms with Crippen LogP contribution in [0.2, 0.25) is 0 Å². The summed E-state index contributed by atoms with van der Waals surface area (Å²) in [5.41, 5.74) is 2.92. The fourth-order valence-corrected chi connectivity index (χ4v) is 3.87. The fraction of sp³-hybridized carbons (Fsp3) is 0.474. The van der Waals surface area contributed by atoms with Crippen molar-refractivity contribution < 1.29 is 23.7 Å². The molecule has 7 heteroatoms. The van der Waals surface area contributed by atoms with Crippen LogP contribution in [0, 0.1) is 0 Å². The Balaban J connectivity index is 1.95. The Morgan fingerprint density at radius 1 is 1.35 bits per heavy atom. The van der Waals surface area contributed by atoms with Crippen molar-refractivity contribution in [3.63, 3.8) is 0 Å². The minimum Gasteiger partial charge on any atom is -0.480 e. The highest BCUT2D eigenvalue weighted by Gasteiger charge is 2.45. The molecule has 0 aliphatic carbocycles. The van der Waals surface area contributed by atoms with Gasteiger partial charge >= 0.3 is 5.97 Å². The lowest BCUT2D eigenvalue weighted by Crippen LogP contribution is -2.41. The molecule has 0 unspecified atom stereocenters. The summed E-state index contributed by atoms with van der Waals surface area (Å²) in [5.74, 6) is 0.364. The largest absolute Gasteiger partial charge is 0.480 e. The number of pyridine rings is 1. The third-order valence-electron chi connectivity index (χ3n) is 5.15. The van der Waals surface area contributed by atoms with Gasteiger partial charge in [0.1, 0.15) is 17.0 Å². The van der Waals surface area contributed by atoms with Crippen LogP contribution in [0.3, 0.4) is 0 Å². The van der Waals surface area contributed by atoms with Crippen molar-refractivity contribution in [2.75, 3.05) is 34.0 Å². The summed E-state index contributed by atoms with van der Waals surface area (Å²) in [4.78, 5) is 16.7. The van der Waals surface area contributed by atoms with E-state index in [1.54, 1.807) is 19.5 Å². The van der Waals surface area contributed by atoms with Gasteiger partial charge in [0.2, 0.25) is 0 Å². The van der Waals surface area contributed by atoms with Crippen LogP contribution >= 0.6 is 0 Å². The predicted molar refractivity (Wildman–Crippen MR) is 93.2 cm³/mol. The summed E-state index contributed by atoms with van der Waals surface area (Å²) >= 11 is 0. The number of methoxy groups -OCH3 is 2. The number of ether oxygens (including phenoxy) is 4. The molecule has 4 rings (SSSR count). The standard InChI is InChI=1S/C19H22N2O5/c1-23-10-7-21-15(18(22)24-2)11-14-17(21)13-3-6-20-12-16(13)26-19(14)4-8-25-9-5-19/h3,6,11-12H,4-5,7-10H2,1-2H3. The Morgan fingerprint density at radius 2 is 2.15 bits per heavy atom. The zero-order chi connectivity index (χ0) is 18.1. The van der Waals surface area contributed by atoms with Gasteiger partial charge in [0.05, 0.1) is 38.8 Å². The average molecular weight is 358 g/mol. The zero-order valence-electron chi connectivity index (χ0n) is 15.0. The molecule has 7 nitrogen and oxygen atoms in total. The molecular formula is C19H22N2O5. The van der Waals surface area contributed by atoms with Crippen LogP contribution in [0.4, 0.5) is 0 Å². The van der Waals surface area contributed by atoms with E-state index < -0.39 is 5.60 Å². The quantitative estimate of drug-likeness (QED) is 0.782. The first-order valence-corrected chi connectivity index (χ1v) is 8.72. The van der Waals surface area contributed by atoms with Gasteiger partial charge in [0.15, 0.2) is 0 Å². The van der Waals surface area contributed by atoms with Crippen LogP contribution in [-0.4, -0.2) is 49.6 Å².